The Morgan fingerprint density at radius 1 is 1.50 bits per heavy atom. The molecule has 2 N–H and O–H groups in total. The van der Waals surface area contributed by atoms with Crippen LogP contribution < -0.4 is 14.8 Å². The van der Waals surface area contributed by atoms with Gasteiger partial charge in [0.2, 0.25) is 15.9 Å². The molecule has 1 atom stereocenters. The summed E-state index contributed by atoms with van der Waals surface area (Å²) in [5.74, 6) is -1.15. The predicted molar refractivity (Wildman–Crippen MR) is 83.7 cm³/mol. The van der Waals surface area contributed by atoms with Gasteiger partial charge in [0.25, 0.3) is 0 Å². The van der Waals surface area contributed by atoms with Gasteiger partial charge in [-0.2, -0.15) is 0 Å². The van der Waals surface area contributed by atoms with E-state index < -0.39 is 21.8 Å². The second-order valence-corrected chi connectivity index (χ2v) is 7.59. The molecule has 1 saturated heterocycles. The normalized spacial score (nSPS) is 18.8. The van der Waals surface area contributed by atoms with Crippen molar-refractivity contribution >= 4 is 37.5 Å². The fraction of sp³-hybridized carbons (Fsp3) is 0.462. The molecule has 6 nitrogen and oxygen atoms in total. The highest BCUT2D eigenvalue weighted by molar-refractivity contribution is 9.10. The van der Waals surface area contributed by atoms with Gasteiger partial charge < -0.3 is 9.64 Å². The topological polar surface area (TPSA) is 89.7 Å². The highest BCUT2D eigenvalue weighted by atomic mass is 79.9. The Morgan fingerprint density at radius 2 is 2.18 bits per heavy atom. The van der Waals surface area contributed by atoms with E-state index in [1.165, 1.54) is 17.0 Å². The third kappa shape index (κ3) is 3.96. The molecule has 0 radical (unpaired) electrons. The molecule has 0 bridgehead atoms. The number of nitrogens with two attached hydrogens (primary N) is 1. The lowest BCUT2D eigenvalue weighted by atomic mass is 10.1. The molecule has 1 unspecified atom stereocenters. The number of amides is 1. The van der Waals surface area contributed by atoms with Crippen molar-refractivity contribution in [1.29, 1.82) is 0 Å². The number of halogens is 2. The molecule has 0 aliphatic carbocycles. The van der Waals surface area contributed by atoms with Gasteiger partial charge in [-0.15, -0.1) is 0 Å². The van der Waals surface area contributed by atoms with Crippen LogP contribution in [0.1, 0.15) is 13.3 Å². The Labute approximate surface area is 136 Å². The number of ether oxygens (including phenoxy) is 1. The minimum absolute atomic E-state index is 0.0517. The number of hydrogen-bond donors (Lipinski definition) is 1. The van der Waals surface area contributed by atoms with E-state index in [0.717, 1.165) is 0 Å². The first-order chi connectivity index (χ1) is 10.2. The lowest BCUT2D eigenvalue weighted by molar-refractivity contribution is -0.117. The van der Waals surface area contributed by atoms with Crippen molar-refractivity contribution < 1.29 is 22.3 Å². The SMILES string of the molecule is CCOc1c(Br)cc(F)cc1N1CC(CS(N)(=O)=O)CC1=O. The summed E-state index contributed by atoms with van der Waals surface area (Å²) >= 11 is 3.21. The third-order valence-electron chi connectivity index (χ3n) is 3.24. The minimum atomic E-state index is -3.67. The number of nitrogens with zero attached hydrogens (tertiary/aromatic N) is 1. The minimum Gasteiger partial charge on any atom is -0.490 e. The van der Waals surface area contributed by atoms with Crippen LogP contribution in [0.4, 0.5) is 10.1 Å². The summed E-state index contributed by atoms with van der Waals surface area (Å²) in [6, 6.07) is 2.45. The van der Waals surface area contributed by atoms with Gasteiger partial charge in [0.15, 0.2) is 5.75 Å². The summed E-state index contributed by atoms with van der Waals surface area (Å²) in [5, 5.41) is 5.02. The van der Waals surface area contributed by atoms with Crippen LogP contribution in [0.2, 0.25) is 0 Å². The van der Waals surface area contributed by atoms with Crippen LogP contribution in [-0.4, -0.2) is 33.2 Å². The van der Waals surface area contributed by atoms with Crippen LogP contribution in [-0.2, 0) is 14.8 Å². The Balaban J connectivity index is 2.34. The quantitative estimate of drug-likeness (QED) is 0.821. The molecular formula is C13H16BrFN2O4S. The Bertz CT molecular complexity index is 696. The number of hydrogen-bond acceptors (Lipinski definition) is 4. The lowest BCUT2D eigenvalue weighted by Gasteiger charge is -2.21. The number of primary sulfonamides is 1. The summed E-state index contributed by atoms with van der Waals surface area (Å²) in [7, 11) is -3.67. The molecule has 1 aromatic carbocycles. The van der Waals surface area contributed by atoms with Gasteiger partial charge in [0.05, 0.1) is 22.5 Å². The summed E-state index contributed by atoms with van der Waals surface area (Å²) in [6.07, 6.45) is 0.0517. The molecule has 1 aromatic rings. The molecular weight excluding hydrogens is 379 g/mol. The Hall–Kier alpha value is -1.19. The van der Waals surface area contributed by atoms with Gasteiger partial charge in [-0.25, -0.2) is 17.9 Å². The first kappa shape index (κ1) is 17.2. The van der Waals surface area contributed by atoms with Gasteiger partial charge in [-0.3, -0.25) is 4.79 Å². The van der Waals surface area contributed by atoms with Crippen LogP contribution in [0, 0.1) is 11.7 Å². The van der Waals surface area contributed by atoms with Crippen molar-refractivity contribution in [1.82, 2.24) is 0 Å². The van der Waals surface area contributed by atoms with Crippen molar-refractivity contribution in [3.8, 4) is 5.75 Å². The van der Waals surface area contributed by atoms with Crippen molar-refractivity contribution in [3.05, 3.63) is 22.4 Å². The van der Waals surface area contributed by atoms with E-state index in [-0.39, 0.29) is 30.3 Å². The molecule has 2 rings (SSSR count). The molecule has 1 aliphatic heterocycles. The molecule has 122 valence electrons. The molecule has 0 saturated carbocycles. The summed E-state index contributed by atoms with van der Waals surface area (Å²) in [5.41, 5.74) is 0.288. The van der Waals surface area contributed by atoms with E-state index in [1.54, 1.807) is 6.92 Å². The molecule has 22 heavy (non-hydrogen) atoms. The molecule has 1 heterocycles. The maximum atomic E-state index is 13.7. The monoisotopic (exact) mass is 394 g/mol. The largest absolute Gasteiger partial charge is 0.490 e. The number of carbonyl (C=O) groups is 1. The van der Waals surface area contributed by atoms with Crippen LogP contribution in [0.5, 0.6) is 5.75 Å². The van der Waals surface area contributed by atoms with Gasteiger partial charge in [0, 0.05) is 24.9 Å². The number of sulfonamides is 1. The maximum Gasteiger partial charge on any atom is 0.227 e. The number of anilines is 1. The van der Waals surface area contributed by atoms with Crippen molar-refractivity contribution in [2.75, 3.05) is 23.8 Å². The maximum absolute atomic E-state index is 13.7. The van der Waals surface area contributed by atoms with E-state index >= 15 is 0 Å². The first-order valence-electron chi connectivity index (χ1n) is 6.64. The predicted octanol–water partition coefficient (Wildman–Crippen LogP) is 1.63. The van der Waals surface area contributed by atoms with E-state index in [2.05, 4.69) is 15.9 Å². The van der Waals surface area contributed by atoms with E-state index in [1.807, 2.05) is 0 Å². The second-order valence-electron chi connectivity index (χ2n) is 5.07. The third-order valence-corrected chi connectivity index (χ3v) is 4.77. The van der Waals surface area contributed by atoms with Crippen molar-refractivity contribution in [3.63, 3.8) is 0 Å². The summed E-state index contributed by atoms with van der Waals surface area (Å²) in [6.45, 7) is 2.28. The van der Waals surface area contributed by atoms with Gasteiger partial charge in [-0.05, 0) is 28.9 Å². The molecule has 1 aliphatic rings. The molecule has 9 heteroatoms. The molecule has 0 spiro atoms. The smallest absolute Gasteiger partial charge is 0.227 e. The summed E-state index contributed by atoms with van der Waals surface area (Å²) < 4.78 is 41.9. The van der Waals surface area contributed by atoms with Gasteiger partial charge in [0.1, 0.15) is 5.82 Å². The highest BCUT2D eigenvalue weighted by Gasteiger charge is 2.34. The average molecular weight is 395 g/mol. The Kier molecular flexibility index (Phi) is 5.08. The van der Waals surface area contributed by atoms with Gasteiger partial charge in [-0.1, -0.05) is 0 Å². The van der Waals surface area contributed by atoms with E-state index in [4.69, 9.17) is 9.88 Å². The number of benzene rings is 1. The van der Waals surface area contributed by atoms with Crippen LogP contribution in [0.15, 0.2) is 16.6 Å². The number of rotatable bonds is 5. The zero-order valence-electron chi connectivity index (χ0n) is 11.9. The van der Waals surface area contributed by atoms with Crippen LogP contribution >= 0.6 is 15.9 Å². The standard InChI is InChI=1S/C13H16BrFN2O4S/c1-2-21-13-10(14)4-9(15)5-11(13)17-6-8(3-12(17)18)7-22(16,19)20/h4-5,8H,2-3,6-7H2,1H3,(H2,16,19,20). The zero-order valence-corrected chi connectivity index (χ0v) is 14.3. The van der Waals surface area contributed by atoms with Crippen molar-refractivity contribution in [2.45, 2.75) is 13.3 Å². The molecule has 0 aromatic heterocycles. The fourth-order valence-electron chi connectivity index (χ4n) is 2.49. The summed E-state index contributed by atoms with van der Waals surface area (Å²) in [4.78, 5) is 13.5. The fourth-order valence-corrected chi connectivity index (χ4v) is 3.91. The van der Waals surface area contributed by atoms with Crippen LogP contribution in [0.3, 0.4) is 0 Å². The second kappa shape index (κ2) is 6.51. The first-order valence-corrected chi connectivity index (χ1v) is 9.14. The van der Waals surface area contributed by atoms with Crippen LogP contribution in [0.25, 0.3) is 0 Å². The lowest BCUT2D eigenvalue weighted by Crippen LogP contribution is -2.28. The van der Waals surface area contributed by atoms with E-state index in [9.17, 15) is 17.6 Å². The number of carbonyl (C=O) groups excluding carboxylic acids is 1. The molecule has 1 amide bonds. The zero-order chi connectivity index (χ0) is 16.5. The van der Waals surface area contributed by atoms with E-state index in [0.29, 0.717) is 16.8 Å². The van der Waals surface area contributed by atoms with Crippen molar-refractivity contribution in [2.24, 2.45) is 11.1 Å². The van der Waals surface area contributed by atoms with Gasteiger partial charge >= 0.3 is 0 Å². The molecule has 1 fully saturated rings. The average Bonchev–Trinajstić information content (AvgIpc) is 2.70. The highest BCUT2D eigenvalue weighted by Crippen LogP contribution is 2.39. The Morgan fingerprint density at radius 3 is 2.77 bits per heavy atom.